The molecule has 0 aromatic carbocycles. The van der Waals surface area contributed by atoms with Gasteiger partial charge >= 0.3 is 0 Å². The molecule has 4 aliphatic carbocycles. The molecule has 22 heavy (non-hydrogen) atoms. The third kappa shape index (κ3) is 2.85. The van der Waals surface area contributed by atoms with E-state index in [9.17, 15) is 0 Å². The molecule has 4 bridgehead atoms. The van der Waals surface area contributed by atoms with Gasteiger partial charge in [0, 0.05) is 12.4 Å². The van der Waals surface area contributed by atoms with E-state index in [0.29, 0.717) is 5.41 Å². The predicted octanol–water partition coefficient (Wildman–Crippen LogP) is 4.89. The van der Waals surface area contributed by atoms with E-state index in [2.05, 4.69) is 18.8 Å². The van der Waals surface area contributed by atoms with Gasteiger partial charge in [0.25, 0.3) is 0 Å². The average Bonchev–Trinajstić information content (AvgIpc) is 2.44. The summed E-state index contributed by atoms with van der Waals surface area (Å²) in [5.41, 5.74) is 1.60. The summed E-state index contributed by atoms with van der Waals surface area (Å²) in [5, 5.41) is 0. The largest absolute Gasteiger partial charge is 0.285 e. The van der Waals surface area contributed by atoms with Gasteiger partial charge in [0.2, 0.25) is 0 Å². The minimum atomic E-state index is 0.0309. The van der Waals surface area contributed by atoms with Crippen LogP contribution in [0.25, 0.3) is 0 Å². The first-order chi connectivity index (χ1) is 10.5. The fourth-order valence-corrected chi connectivity index (χ4v) is 6.16. The first kappa shape index (κ1) is 14.4. The zero-order chi connectivity index (χ0) is 15.2. The van der Waals surface area contributed by atoms with Gasteiger partial charge in [0.05, 0.1) is 11.2 Å². The highest BCUT2D eigenvalue weighted by Crippen LogP contribution is 2.62. The molecule has 0 saturated heterocycles. The first-order valence-corrected chi connectivity index (χ1v) is 8.98. The topological polar surface area (TPSA) is 25.2 Å². The van der Waals surface area contributed by atoms with Crippen LogP contribution in [-0.2, 0) is 0 Å². The van der Waals surface area contributed by atoms with Crippen LogP contribution >= 0.6 is 0 Å². The van der Waals surface area contributed by atoms with Crippen LogP contribution in [0.15, 0.2) is 29.4 Å². The van der Waals surface area contributed by atoms with E-state index in [1.54, 1.807) is 0 Å². The number of rotatable bonds is 4. The molecule has 2 nitrogen and oxygen atoms in total. The maximum absolute atomic E-state index is 4.91. The molecule has 0 unspecified atom stereocenters. The van der Waals surface area contributed by atoms with E-state index in [1.807, 2.05) is 30.6 Å². The molecular weight excluding hydrogens is 268 g/mol. The third-order valence-electron chi connectivity index (χ3n) is 6.21. The van der Waals surface area contributed by atoms with Gasteiger partial charge in [-0.1, -0.05) is 6.07 Å². The van der Waals surface area contributed by atoms with Crippen LogP contribution in [0.4, 0.5) is 0 Å². The predicted molar refractivity (Wildman–Crippen MR) is 91.1 cm³/mol. The van der Waals surface area contributed by atoms with Gasteiger partial charge < -0.3 is 0 Å². The molecule has 4 aliphatic rings. The fourth-order valence-electron chi connectivity index (χ4n) is 6.16. The summed E-state index contributed by atoms with van der Waals surface area (Å²) in [5.74, 6) is 3.09. The maximum atomic E-state index is 4.91. The lowest BCUT2D eigenvalue weighted by Crippen LogP contribution is -2.48. The van der Waals surface area contributed by atoms with Gasteiger partial charge in [-0.3, -0.25) is 9.98 Å². The van der Waals surface area contributed by atoms with Crippen molar-refractivity contribution in [1.29, 1.82) is 0 Å². The van der Waals surface area contributed by atoms with Crippen LogP contribution in [0.2, 0.25) is 0 Å². The number of hydrogen-bond donors (Lipinski definition) is 0. The van der Waals surface area contributed by atoms with Gasteiger partial charge in [-0.05, 0) is 94.1 Å². The van der Waals surface area contributed by atoms with Crippen LogP contribution in [0.1, 0.15) is 64.5 Å². The average molecular weight is 296 g/mol. The molecule has 1 heterocycles. The van der Waals surface area contributed by atoms with E-state index in [4.69, 9.17) is 4.99 Å². The molecule has 0 amide bonds. The van der Waals surface area contributed by atoms with E-state index >= 15 is 0 Å². The number of hydrogen-bond acceptors (Lipinski definition) is 2. The zero-order valence-electron chi connectivity index (χ0n) is 14.0. The van der Waals surface area contributed by atoms with Crippen LogP contribution < -0.4 is 0 Å². The van der Waals surface area contributed by atoms with Crippen molar-refractivity contribution in [2.75, 3.05) is 0 Å². The lowest BCUT2D eigenvalue weighted by atomic mass is 9.48. The van der Waals surface area contributed by atoms with Crippen LogP contribution in [0.3, 0.4) is 0 Å². The van der Waals surface area contributed by atoms with Crippen molar-refractivity contribution in [2.45, 2.75) is 64.3 Å². The third-order valence-corrected chi connectivity index (χ3v) is 6.21. The Balaban J connectivity index is 1.49. The van der Waals surface area contributed by atoms with Crippen LogP contribution in [0, 0.1) is 23.2 Å². The van der Waals surface area contributed by atoms with Crippen molar-refractivity contribution < 1.29 is 0 Å². The van der Waals surface area contributed by atoms with Gasteiger partial charge in [-0.25, -0.2) is 0 Å². The standard InChI is InChI=1S/C20H28N2/c1-19(2,22-13-18-5-3-4-6-21-18)14-20-10-15-7-16(11-20)9-17(8-15)12-20/h3-6,13,15-17H,7-12,14H2,1-2H3/b22-13+. The van der Waals surface area contributed by atoms with Crippen molar-refractivity contribution in [3.8, 4) is 0 Å². The molecule has 0 radical (unpaired) electrons. The van der Waals surface area contributed by atoms with Crippen molar-refractivity contribution in [2.24, 2.45) is 28.2 Å². The van der Waals surface area contributed by atoms with E-state index in [0.717, 1.165) is 23.4 Å². The number of pyridine rings is 1. The number of aliphatic imine (C=N–C) groups is 1. The van der Waals surface area contributed by atoms with Crippen LogP contribution in [0.5, 0.6) is 0 Å². The summed E-state index contributed by atoms with van der Waals surface area (Å²) in [7, 11) is 0. The summed E-state index contributed by atoms with van der Waals surface area (Å²) in [6.45, 7) is 4.62. The molecule has 4 fully saturated rings. The van der Waals surface area contributed by atoms with Crippen molar-refractivity contribution in [3.63, 3.8) is 0 Å². The summed E-state index contributed by atoms with van der Waals surface area (Å²) in [6, 6.07) is 6.02. The highest BCUT2D eigenvalue weighted by atomic mass is 14.9. The molecule has 4 saturated carbocycles. The van der Waals surface area contributed by atoms with Crippen molar-refractivity contribution in [1.82, 2.24) is 4.98 Å². The molecule has 2 heteroatoms. The number of nitrogens with zero attached hydrogens (tertiary/aromatic N) is 2. The maximum Gasteiger partial charge on any atom is 0.0808 e. The quantitative estimate of drug-likeness (QED) is 0.726. The minimum Gasteiger partial charge on any atom is -0.285 e. The van der Waals surface area contributed by atoms with E-state index in [-0.39, 0.29) is 5.54 Å². The van der Waals surface area contributed by atoms with E-state index < -0.39 is 0 Å². The van der Waals surface area contributed by atoms with Gasteiger partial charge in [0.15, 0.2) is 0 Å². The molecule has 1 aromatic rings. The van der Waals surface area contributed by atoms with Crippen molar-refractivity contribution >= 4 is 6.21 Å². The first-order valence-electron chi connectivity index (χ1n) is 8.98. The molecule has 118 valence electrons. The molecule has 1 aromatic heterocycles. The fraction of sp³-hybridized carbons (Fsp3) is 0.700. The Morgan fingerprint density at radius 1 is 1.14 bits per heavy atom. The Labute approximate surface area is 134 Å². The molecule has 0 spiro atoms. The normalized spacial score (nSPS) is 37.1. The smallest absolute Gasteiger partial charge is 0.0808 e. The van der Waals surface area contributed by atoms with Gasteiger partial charge in [-0.2, -0.15) is 0 Å². The SMILES string of the molecule is CC(C)(CC12CC3CC(CC(C3)C1)C2)/N=C/c1ccccn1. The Hall–Kier alpha value is -1.18. The number of aromatic nitrogens is 1. The second-order valence-electron chi connectivity index (χ2n) is 8.92. The Bertz CT molecular complexity index is 523. The zero-order valence-corrected chi connectivity index (χ0v) is 14.0. The lowest BCUT2D eigenvalue weighted by molar-refractivity contribution is -0.0653. The lowest BCUT2D eigenvalue weighted by Gasteiger charge is -2.58. The molecule has 0 atom stereocenters. The minimum absolute atomic E-state index is 0.0309. The molecule has 0 N–H and O–H groups in total. The highest BCUT2D eigenvalue weighted by Gasteiger charge is 2.52. The van der Waals surface area contributed by atoms with Gasteiger partial charge in [0.1, 0.15) is 0 Å². The summed E-state index contributed by atoms with van der Waals surface area (Å²) in [4.78, 5) is 9.27. The second-order valence-corrected chi connectivity index (χ2v) is 8.92. The monoisotopic (exact) mass is 296 g/mol. The Morgan fingerprint density at radius 2 is 1.77 bits per heavy atom. The molecule has 0 aliphatic heterocycles. The Morgan fingerprint density at radius 3 is 2.32 bits per heavy atom. The van der Waals surface area contributed by atoms with Crippen molar-refractivity contribution in [3.05, 3.63) is 30.1 Å². The Kier molecular flexibility index (Phi) is 3.39. The summed E-state index contributed by atoms with van der Waals surface area (Å²) < 4.78 is 0. The second kappa shape index (κ2) is 5.18. The summed E-state index contributed by atoms with van der Waals surface area (Å²) >= 11 is 0. The highest BCUT2D eigenvalue weighted by molar-refractivity contribution is 5.77. The van der Waals surface area contributed by atoms with E-state index in [1.165, 1.54) is 44.9 Å². The van der Waals surface area contributed by atoms with Gasteiger partial charge in [-0.15, -0.1) is 0 Å². The molecular formula is C20H28N2. The molecule has 5 rings (SSSR count). The van der Waals surface area contributed by atoms with Crippen LogP contribution in [-0.4, -0.2) is 16.7 Å². The summed E-state index contributed by atoms with van der Waals surface area (Å²) in [6.07, 6.45) is 14.1.